The number of hydrogen-bond donors (Lipinski definition) is 2. The van der Waals surface area contributed by atoms with Crippen LogP contribution >= 0.6 is 0 Å². The number of urea groups is 1. The van der Waals surface area contributed by atoms with Crippen LogP contribution < -0.4 is 10.5 Å². The number of imide groups is 1. The highest BCUT2D eigenvalue weighted by molar-refractivity contribution is 7.89. The summed E-state index contributed by atoms with van der Waals surface area (Å²) < 4.78 is 22.6. The van der Waals surface area contributed by atoms with Gasteiger partial charge in [-0.15, -0.1) is 0 Å². The van der Waals surface area contributed by atoms with E-state index in [2.05, 4.69) is 10.3 Å². The van der Waals surface area contributed by atoms with Gasteiger partial charge in [-0.25, -0.2) is 18.4 Å². The molecule has 9 heteroatoms. The second kappa shape index (κ2) is 5.45. The molecule has 118 valence electrons. The number of benzene rings is 1. The van der Waals surface area contributed by atoms with Gasteiger partial charge in [-0.05, 0) is 30.3 Å². The fourth-order valence-corrected chi connectivity index (χ4v) is 2.79. The molecule has 0 saturated carbocycles. The lowest BCUT2D eigenvalue weighted by Gasteiger charge is -2.14. The van der Waals surface area contributed by atoms with Gasteiger partial charge < -0.3 is 5.32 Å². The van der Waals surface area contributed by atoms with Gasteiger partial charge in [0, 0.05) is 11.9 Å². The number of nitrogens with one attached hydrogen (secondary N) is 1. The second-order valence-corrected chi connectivity index (χ2v) is 6.45. The molecule has 3 rings (SSSR count). The maximum absolute atomic E-state index is 12.2. The monoisotopic (exact) mass is 332 g/mol. The zero-order valence-electron chi connectivity index (χ0n) is 11.8. The number of fused-ring (bicyclic) bond motifs is 1. The fourth-order valence-electron chi connectivity index (χ4n) is 2.23. The molecular weight excluding hydrogens is 320 g/mol. The maximum Gasteiger partial charge on any atom is 0.329 e. The summed E-state index contributed by atoms with van der Waals surface area (Å²) >= 11 is 0. The molecule has 1 aromatic carbocycles. The average Bonchev–Trinajstić information content (AvgIpc) is 2.84. The van der Waals surface area contributed by atoms with E-state index in [-0.39, 0.29) is 17.1 Å². The van der Waals surface area contributed by atoms with Crippen LogP contribution in [0.4, 0.5) is 10.5 Å². The van der Waals surface area contributed by atoms with E-state index in [4.69, 9.17) is 5.14 Å². The maximum atomic E-state index is 12.2. The number of primary sulfonamides is 1. The molecule has 0 saturated heterocycles. The van der Waals surface area contributed by atoms with E-state index < -0.39 is 22.0 Å². The first-order valence-electron chi connectivity index (χ1n) is 6.56. The van der Waals surface area contributed by atoms with Crippen molar-refractivity contribution in [1.29, 1.82) is 0 Å². The fraction of sp³-hybridized carbons (Fsp3) is 0.0714. The summed E-state index contributed by atoms with van der Waals surface area (Å²) in [7, 11) is -3.88. The molecular formula is C14H12N4O4S. The van der Waals surface area contributed by atoms with E-state index in [0.29, 0.717) is 11.3 Å². The second-order valence-electron chi connectivity index (χ2n) is 4.89. The third kappa shape index (κ3) is 2.91. The molecule has 3 amide bonds. The van der Waals surface area contributed by atoms with Crippen molar-refractivity contribution >= 4 is 27.6 Å². The van der Waals surface area contributed by atoms with Gasteiger partial charge in [0.2, 0.25) is 10.0 Å². The van der Waals surface area contributed by atoms with Gasteiger partial charge in [-0.1, -0.05) is 6.07 Å². The van der Waals surface area contributed by atoms with Gasteiger partial charge in [0.1, 0.15) is 0 Å². The molecule has 1 aromatic heterocycles. The minimum Gasteiger partial charge on any atom is -0.307 e. The van der Waals surface area contributed by atoms with E-state index in [1.54, 1.807) is 18.3 Å². The smallest absolute Gasteiger partial charge is 0.307 e. The summed E-state index contributed by atoms with van der Waals surface area (Å²) in [5.41, 5.74) is 1.12. The molecule has 1 aliphatic heterocycles. The minimum atomic E-state index is -3.88. The Morgan fingerprint density at radius 2 is 2.04 bits per heavy atom. The lowest BCUT2D eigenvalue weighted by atomic mass is 10.2. The number of pyridine rings is 1. The first-order chi connectivity index (χ1) is 10.9. The molecule has 0 spiro atoms. The molecule has 0 aliphatic carbocycles. The van der Waals surface area contributed by atoms with Crippen LogP contribution in [0.15, 0.2) is 47.5 Å². The lowest BCUT2D eigenvalue weighted by molar-refractivity contribution is 0.0831. The van der Waals surface area contributed by atoms with Crippen LogP contribution in [0.3, 0.4) is 0 Å². The Balaban J connectivity index is 1.80. The van der Waals surface area contributed by atoms with Crippen LogP contribution in [0.1, 0.15) is 16.1 Å². The van der Waals surface area contributed by atoms with Crippen LogP contribution in [0.5, 0.6) is 0 Å². The number of nitrogens with zero attached hydrogens (tertiary/aromatic N) is 2. The SMILES string of the molecule is NS(=O)(=O)c1cccc(NC(=O)N2Cc3ncccc3C2=O)c1. The molecule has 2 heterocycles. The number of aromatic nitrogens is 1. The molecule has 3 N–H and O–H groups in total. The van der Waals surface area contributed by atoms with Gasteiger partial charge in [0.25, 0.3) is 5.91 Å². The predicted octanol–water partition coefficient (Wildman–Crippen LogP) is 0.917. The summed E-state index contributed by atoms with van der Waals surface area (Å²) in [5, 5.41) is 7.52. The zero-order valence-corrected chi connectivity index (χ0v) is 12.6. The number of rotatable bonds is 2. The topological polar surface area (TPSA) is 122 Å². The highest BCUT2D eigenvalue weighted by Gasteiger charge is 2.32. The number of amides is 3. The third-order valence-corrected chi connectivity index (χ3v) is 4.24. The van der Waals surface area contributed by atoms with Gasteiger partial charge in [0.05, 0.1) is 22.7 Å². The largest absolute Gasteiger partial charge is 0.329 e. The van der Waals surface area contributed by atoms with E-state index >= 15 is 0 Å². The van der Waals surface area contributed by atoms with Crippen LogP contribution in [0.2, 0.25) is 0 Å². The van der Waals surface area contributed by atoms with E-state index in [0.717, 1.165) is 4.90 Å². The van der Waals surface area contributed by atoms with Gasteiger partial charge in [-0.2, -0.15) is 0 Å². The van der Waals surface area contributed by atoms with Crippen molar-refractivity contribution in [3.8, 4) is 0 Å². The number of carbonyl (C=O) groups excluding carboxylic acids is 2. The minimum absolute atomic E-state index is 0.0652. The lowest BCUT2D eigenvalue weighted by Crippen LogP contribution is -2.35. The number of hydrogen-bond acceptors (Lipinski definition) is 5. The molecule has 1 aliphatic rings. The van der Waals surface area contributed by atoms with E-state index in [9.17, 15) is 18.0 Å². The van der Waals surface area contributed by atoms with Crippen molar-refractivity contribution in [2.75, 3.05) is 5.32 Å². The Bertz CT molecular complexity index is 910. The Hall–Kier alpha value is -2.78. The van der Waals surface area contributed by atoms with Crippen molar-refractivity contribution in [2.24, 2.45) is 5.14 Å². The van der Waals surface area contributed by atoms with Crippen LogP contribution in [0.25, 0.3) is 0 Å². The predicted molar refractivity (Wildman–Crippen MR) is 80.9 cm³/mol. The first kappa shape index (κ1) is 15.1. The Morgan fingerprint density at radius 1 is 1.26 bits per heavy atom. The number of carbonyl (C=O) groups is 2. The highest BCUT2D eigenvalue weighted by Crippen LogP contribution is 2.22. The Kier molecular flexibility index (Phi) is 3.58. The summed E-state index contributed by atoms with van der Waals surface area (Å²) in [5.74, 6) is -0.451. The molecule has 0 fully saturated rings. The van der Waals surface area contributed by atoms with Crippen LogP contribution in [-0.2, 0) is 16.6 Å². The summed E-state index contributed by atoms with van der Waals surface area (Å²) in [6.07, 6.45) is 1.54. The summed E-state index contributed by atoms with van der Waals surface area (Å²) in [6.45, 7) is 0.0652. The van der Waals surface area contributed by atoms with Gasteiger partial charge >= 0.3 is 6.03 Å². The number of anilines is 1. The molecule has 0 radical (unpaired) electrons. The van der Waals surface area contributed by atoms with Crippen LogP contribution in [0, 0.1) is 0 Å². The van der Waals surface area contributed by atoms with Gasteiger partial charge in [-0.3, -0.25) is 14.7 Å². The quantitative estimate of drug-likeness (QED) is 0.846. The Morgan fingerprint density at radius 3 is 2.74 bits per heavy atom. The third-order valence-electron chi connectivity index (χ3n) is 3.33. The van der Waals surface area contributed by atoms with E-state index in [1.165, 1.54) is 24.3 Å². The standard InChI is InChI=1S/C14H12N4O4S/c15-23(21,22)10-4-1-3-9(7-10)17-14(20)18-8-12-11(13(18)19)5-2-6-16-12/h1-7H,8H2,(H,17,20)(H2,15,21,22). The summed E-state index contributed by atoms with van der Waals surface area (Å²) in [4.78, 5) is 29.3. The molecule has 0 unspecified atom stereocenters. The average molecular weight is 332 g/mol. The molecule has 23 heavy (non-hydrogen) atoms. The molecule has 2 aromatic rings. The van der Waals surface area contributed by atoms with Crippen molar-refractivity contribution in [3.63, 3.8) is 0 Å². The van der Waals surface area contributed by atoms with Crippen molar-refractivity contribution < 1.29 is 18.0 Å². The normalized spacial score (nSPS) is 13.8. The Labute approximate surface area is 132 Å². The van der Waals surface area contributed by atoms with Crippen molar-refractivity contribution in [3.05, 3.63) is 53.9 Å². The number of nitrogens with two attached hydrogens (primary N) is 1. The summed E-state index contributed by atoms with van der Waals surface area (Å²) in [6, 6.07) is 8.02. The van der Waals surface area contributed by atoms with E-state index in [1.807, 2.05) is 0 Å². The molecule has 8 nitrogen and oxygen atoms in total. The highest BCUT2D eigenvalue weighted by atomic mass is 32.2. The molecule has 0 atom stereocenters. The van der Waals surface area contributed by atoms with Crippen molar-refractivity contribution in [1.82, 2.24) is 9.88 Å². The van der Waals surface area contributed by atoms with Gasteiger partial charge in [0.15, 0.2) is 0 Å². The van der Waals surface area contributed by atoms with Crippen LogP contribution in [-0.4, -0.2) is 30.2 Å². The first-order valence-corrected chi connectivity index (χ1v) is 8.10. The zero-order chi connectivity index (χ0) is 16.6. The number of sulfonamides is 1. The molecule has 0 bridgehead atoms. The van der Waals surface area contributed by atoms with Crippen molar-refractivity contribution in [2.45, 2.75) is 11.4 Å².